The highest BCUT2D eigenvalue weighted by atomic mass is 15.3. The van der Waals surface area contributed by atoms with Crippen molar-refractivity contribution >= 4 is 0 Å². The molecule has 84 valence electrons. The minimum absolute atomic E-state index is 0.647. The molecule has 1 aliphatic heterocycles. The van der Waals surface area contributed by atoms with Gasteiger partial charge in [-0.3, -0.25) is 0 Å². The Labute approximate surface area is 99.5 Å². The topological polar surface area (TPSA) is 53.6 Å². The van der Waals surface area contributed by atoms with Gasteiger partial charge in [0, 0.05) is 18.7 Å². The fourth-order valence-electron chi connectivity index (χ4n) is 2.12. The van der Waals surface area contributed by atoms with Crippen molar-refractivity contribution in [2.75, 3.05) is 0 Å². The third kappa shape index (κ3) is 1.52. The molecule has 1 aromatic carbocycles. The van der Waals surface area contributed by atoms with Crippen molar-refractivity contribution in [3.05, 3.63) is 46.8 Å². The van der Waals surface area contributed by atoms with Crippen LogP contribution in [0.1, 0.15) is 22.5 Å². The van der Waals surface area contributed by atoms with Crippen molar-refractivity contribution in [3.8, 4) is 11.8 Å². The van der Waals surface area contributed by atoms with Gasteiger partial charge in [-0.25, -0.2) is 4.68 Å². The zero-order valence-corrected chi connectivity index (χ0v) is 9.57. The summed E-state index contributed by atoms with van der Waals surface area (Å²) in [4.78, 5) is 0. The molecule has 0 aliphatic carbocycles. The van der Waals surface area contributed by atoms with Crippen molar-refractivity contribution < 1.29 is 0 Å². The van der Waals surface area contributed by atoms with Crippen molar-refractivity contribution in [1.82, 2.24) is 15.1 Å². The lowest BCUT2D eigenvalue weighted by Gasteiger charge is -2.04. The number of aromatic nitrogens is 2. The van der Waals surface area contributed by atoms with E-state index < -0.39 is 0 Å². The maximum absolute atomic E-state index is 9.25. The van der Waals surface area contributed by atoms with Crippen LogP contribution in [0.3, 0.4) is 0 Å². The van der Waals surface area contributed by atoms with Gasteiger partial charge in [0.1, 0.15) is 11.8 Å². The fraction of sp³-hybridized carbons (Fsp3) is 0.231. The highest BCUT2D eigenvalue weighted by Crippen LogP contribution is 2.22. The smallest absolute Gasteiger partial charge is 0.149 e. The first kappa shape index (κ1) is 10.1. The summed E-state index contributed by atoms with van der Waals surface area (Å²) in [5.74, 6) is 0. The van der Waals surface area contributed by atoms with Crippen LogP contribution >= 0.6 is 0 Å². The molecule has 0 atom stereocenters. The summed E-state index contributed by atoms with van der Waals surface area (Å²) in [6.45, 7) is 3.54. The van der Waals surface area contributed by atoms with Crippen molar-refractivity contribution in [2.45, 2.75) is 20.0 Å². The second-order valence-corrected chi connectivity index (χ2v) is 4.24. The third-order valence-corrected chi connectivity index (χ3v) is 3.05. The van der Waals surface area contributed by atoms with Crippen molar-refractivity contribution in [1.29, 1.82) is 5.26 Å². The Morgan fingerprint density at radius 3 is 2.76 bits per heavy atom. The predicted octanol–water partition coefficient (Wildman–Crippen LogP) is 1.66. The maximum atomic E-state index is 9.25. The molecule has 3 rings (SSSR count). The SMILES string of the molecule is Cc1ccc(-n2nc3c(c2C#N)CNC3)cc1. The number of fused-ring (bicyclic) bond motifs is 1. The largest absolute Gasteiger partial charge is 0.307 e. The lowest BCUT2D eigenvalue weighted by molar-refractivity contribution is 0.717. The molecule has 4 heteroatoms. The van der Waals surface area contributed by atoms with E-state index in [1.54, 1.807) is 4.68 Å². The molecule has 4 nitrogen and oxygen atoms in total. The Morgan fingerprint density at radius 1 is 1.29 bits per heavy atom. The normalized spacial score (nSPS) is 13.4. The fourth-order valence-corrected chi connectivity index (χ4v) is 2.12. The molecule has 0 bridgehead atoms. The number of benzene rings is 1. The predicted molar refractivity (Wildman–Crippen MR) is 63.6 cm³/mol. The Morgan fingerprint density at radius 2 is 2.06 bits per heavy atom. The Kier molecular flexibility index (Phi) is 2.20. The van der Waals surface area contributed by atoms with E-state index in [9.17, 15) is 5.26 Å². The molecule has 1 N–H and O–H groups in total. The molecule has 2 heterocycles. The second kappa shape index (κ2) is 3.72. The summed E-state index contributed by atoms with van der Waals surface area (Å²) in [5, 5.41) is 16.9. The number of nitrogens with zero attached hydrogens (tertiary/aromatic N) is 3. The molecule has 0 amide bonds. The number of aryl methyl sites for hydroxylation is 1. The molecule has 0 saturated carbocycles. The van der Waals surface area contributed by atoms with Gasteiger partial charge in [0.2, 0.25) is 0 Å². The van der Waals surface area contributed by atoms with E-state index in [2.05, 4.69) is 16.5 Å². The Bertz CT molecular complexity index is 602. The van der Waals surface area contributed by atoms with E-state index in [0.29, 0.717) is 5.69 Å². The zero-order valence-electron chi connectivity index (χ0n) is 9.57. The molecule has 0 radical (unpaired) electrons. The van der Waals surface area contributed by atoms with E-state index in [4.69, 9.17) is 0 Å². The van der Waals surface area contributed by atoms with Gasteiger partial charge in [0.05, 0.1) is 11.4 Å². The minimum atomic E-state index is 0.647. The zero-order chi connectivity index (χ0) is 11.8. The van der Waals surface area contributed by atoms with E-state index in [0.717, 1.165) is 30.0 Å². The van der Waals surface area contributed by atoms with Gasteiger partial charge in [-0.15, -0.1) is 0 Å². The highest BCUT2D eigenvalue weighted by Gasteiger charge is 2.22. The summed E-state index contributed by atoms with van der Waals surface area (Å²) in [6.07, 6.45) is 0. The monoisotopic (exact) mass is 224 g/mol. The Hall–Kier alpha value is -2.12. The lowest BCUT2D eigenvalue weighted by Crippen LogP contribution is -2.07. The molecule has 0 spiro atoms. The molecule has 17 heavy (non-hydrogen) atoms. The average molecular weight is 224 g/mol. The summed E-state index contributed by atoms with van der Waals surface area (Å²) in [7, 11) is 0. The number of hydrogen-bond acceptors (Lipinski definition) is 3. The van der Waals surface area contributed by atoms with Gasteiger partial charge in [-0.2, -0.15) is 10.4 Å². The standard InChI is InChI=1S/C13H12N4/c1-9-2-4-10(5-3-9)17-13(6-14)11-7-15-8-12(11)16-17/h2-5,15H,7-8H2,1H3. The van der Waals surface area contributed by atoms with Crippen LogP contribution in [0.4, 0.5) is 0 Å². The lowest BCUT2D eigenvalue weighted by atomic mass is 10.2. The first-order valence-electron chi connectivity index (χ1n) is 5.58. The summed E-state index contributed by atoms with van der Waals surface area (Å²) in [5.41, 5.74) is 4.82. The molecule has 0 unspecified atom stereocenters. The van der Waals surface area contributed by atoms with Crippen LogP contribution < -0.4 is 5.32 Å². The maximum Gasteiger partial charge on any atom is 0.149 e. The van der Waals surface area contributed by atoms with Crippen LogP contribution in [0.15, 0.2) is 24.3 Å². The molecule has 0 saturated heterocycles. The second-order valence-electron chi connectivity index (χ2n) is 4.24. The van der Waals surface area contributed by atoms with Gasteiger partial charge in [-0.05, 0) is 19.1 Å². The molecule has 1 aromatic heterocycles. The van der Waals surface area contributed by atoms with Gasteiger partial charge in [0.15, 0.2) is 0 Å². The molecule has 2 aromatic rings. The molecular weight excluding hydrogens is 212 g/mol. The van der Waals surface area contributed by atoms with Crippen molar-refractivity contribution in [2.24, 2.45) is 0 Å². The number of nitriles is 1. The minimum Gasteiger partial charge on any atom is -0.307 e. The van der Waals surface area contributed by atoms with Crippen molar-refractivity contribution in [3.63, 3.8) is 0 Å². The van der Waals surface area contributed by atoms with Gasteiger partial charge in [0.25, 0.3) is 0 Å². The number of hydrogen-bond donors (Lipinski definition) is 1. The van der Waals surface area contributed by atoms with Gasteiger partial charge >= 0.3 is 0 Å². The third-order valence-electron chi connectivity index (χ3n) is 3.05. The first-order chi connectivity index (χ1) is 8.29. The summed E-state index contributed by atoms with van der Waals surface area (Å²) in [6, 6.07) is 10.3. The molecule has 0 fully saturated rings. The number of nitrogens with one attached hydrogen (secondary N) is 1. The van der Waals surface area contributed by atoms with E-state index in [1.807, 2.05) is 31.2 Å². The van der Waals surface area contributed by atoms with Crippen LogP contribution in [0.2, 0.25) is 0 Å². The quantitative estimate of drug-likeness (QED) is 0.801. The van der Waals surface area contributed by atoms with Gasteiger partial charge in [-0.1, -0.05) is 17.7 Å². The van der Waals surface area contributed by atoms with Gasteiger partial charge < -0.3 is 5.32 Å². The van der Waals surface area contributed by atoms with E-state index in [-0.39, 0.29) is 0 Å². The summed E-state index contributed by atoms with van der Waals surface area (Å²) >= 11 is 0. The van der Waals surface area contributed by atoms with Crippen LogP contribution in [-0.2, 0) is 13.1 Å². The highest BCUT2D eigenvalue weighted by molar-refractivity contribution is 5.45. The van der Waals surface area contributed by atoms with Crippen LogP contribution in [0.5, 0.6) is 0 Å². The number of rotatable bonds is 1. The van der Waals surface area contributed by atoms with Crippen LogP contribution in [0, 0.1) is 18.3 Å². The molecular formula is C13H12N4. The van der Waals surface area contributed by atoms with E-state index >= 15 is 0 Å². The Balaban J connectivity index is 2.16. The van der Waals surface area contributed by atoms with Crippen LogP contribution in [-0.4, -0.2) is 9.78 Å². The van der Waals surface area contributed by atoms with E-state index in [1.165, 1.54) is 5.56 Å². The molecule has 1 aliphatic rings. The first-order valence-corrected chi connectivity index (χ1v) is 5.58. The summed E-state index contributed by atoms with van der Waals surface area (Å²) < 4.78 is 1.74. The average Bonchev–Trinajstić information content (AvgIpc) is 2.89. The van der Waals surface area contributed by atoms with Crippen LogP contribution in [0.25, 0.3) is 5.69 Å².